The van der Waals surface area contributed by atoms with Crippen LogP contribution in [0.25, 0.3) is 10.2 Å². The average molecular weight is 295 g/mol. The van der Waals surface area contributed by atoms with Gasteiger partial charge in [0, 0.05) is 11.9 Å². The molecule has 0 aliphatic carbocycles. The summed E-state index contributed by atoms with van der Waals surface area (Å²) < 4.78 is 0. The molecule has 0 radical (unpaired) electrons. The summed E-state index contributed by atoms with van der Waals surface area (Å²) in [4.78, 5) is 10.3. The number of unbranched alkanes of at least 4 members (excludes halogenated alkanes) is 2. The Bertz CT molecular complexity index is 510. The highest BCUT2D eigenvalue weighted by molar-refractivity contribution is 7.99. The third kappa shape index (κ3) is 4.08. The molecule has 0 amide bonds. The largest absolute Gasteiger partial charge is 0.354 e. The summed E-state index contributed by atoms with van der Waals surface area (Å²) in [6.45, 7) is 5.31. The van der Waals surface area contributed by atoms with E-state index < -0.39 is 0 Å². The van der Waals surface area contributed by atoms with Crippen molar-refractivity contribution in [3.8, 4) is 0 Å². The topological polar surface area (TPSA) is 37.8 Å². The van der Waals surface area contributed by atoms with Crippen LogP contribution in [0.1, 0.15) is 39.5 Å². The standard InChI is InChI=1S/C14H21N3S2/c1-3-5-6-9-18-12-11-7-10-19-13(11)17-14(16-12)15-8-4-2/h7,10H,3-6,8-9H2,1-2H3,(H,15,16,17). The van der Waals surface area contributed by atoms with E-state index in [0.29, 0.717) is 0 Å². The second kappa shape index (κ2) is 7.70. The lowest BCUT2D eigenvalue weighted by Crippen LogP contribution is -2.04. The van der Waals surface area contributed by atoms with Gasteiger partial charge >= 0.3 is 0 Å². The van der Waals surface area contributed by atoms with Crippen molar-refractivity contribution >= 4 is 39.3 Å². The van der Waals surface area contributed by atoms with Crippen molar-refractivity contribution in [1.82, 2.24) is 9.97 Å². The first-order valence-corrected chi connectivity index (χ1v) is 8.83. The molecule has 0 atom stereocenters. The summed E-state index contributed by atoms with van der Waals surface area (Å²) in [7, 11) is 0. The van der Waals surface area contributed by atoms with Gasteiger partial charge in [0.25, 0.3) is 0 Å². The number of aromatic nitrogens is 2. The van der Waals surface area contributed by atoms with E-state index in [9.17, 15) is 0 Å². The number of thiophene rings is 1. The number of rotatable bonds is 8. The molecule has 0 aliphatic heterocycles. The molecular weight excluding hydrogens is 274 g/mol. The van der Waals surface area contributed by atoms with Gasteiger partial charge in [0.05, 0.1) is 0 Å². The van der Waals surface area contributed by atoms with E-state index in [2.05, 4.69) is 40.6 Å². The Morgan fingerprint density at radius 1 is 1.21 bits per heavy atom. The zero-order chi connectivity index (χ0) is 13.5. The van der Waals surface area contributed by atoms with Crippen LogP contribution in [-0.2, 0) is 0 Å². The van der Waals surface area contributed by atoms with Gasteiger partial charge in [-0.1, -0.05) is 26.7 Å². The number of nitrogens with one attached hydrogen (secondary N) is 1. The molecule has 0 unspecified atom stereocenters. The smallest absolute Gasteiger partial charge is 0.225 e. The van der Waals surface area contributed by atoms with Gasteiger partial charge in [-0.15, -0.1) is 23.1 Å². The predicted molar refractivity (Wildman–Crippen MR) is 86.4 cm³/mol. The van der Waals surface area contributed by atoms with E-state index in [1.54, 1.807) is 11.3 Å². The highest BCUT2D eigenvalue weighted by Crippen LogP contribution is 2.30. The summed E-state index contributed by atoms with van der Waals surface area (Å²) in [5, 5.41) is 7.71. The summed E-state index contributed by atoms with van der Waals surface area (Å²) >= 11 is 3.55. The molecule has 0 spiro atoms. The molecule has 0 aliphatic rings. The quantitative estimate of drug-likeness (QED) is 0.431. The van der Waals surface area contributed by atoms with Crippen molar-refractivity contribution in [3.63, 3.8) is 0 Å². The number of hydrogen-bond donors (Lipinski definition) is 1. The molecule has 0 saturated carbocycles. The predicted octanol–water partition coefficient (Wildman–Crippen LogP) is 4.80. The number of anilines is 1. The molecule has 1 N–H and O–H groups in total. The first kappa shape index (κ1) is 14.6. The van der Waals surface area contributed by atoms with Gasteiger partial charge in [-0.2, -0.15) is 0 Å². The first-order valence-electron chi connectivity index (χ1n) is 6.97. The lowest BCUT2D eigenvalue weighted by molar-refractivity contribution is 0.778. The van der Waals surface area contributed by atoms with Crippen LogP contribution in [0, 0.1) is 0 Å². The van der Waals surface area contributed by atoms with Crippen molar-refractivity contribution in [2.75, 3.05) is 17.6 Å². The second-order valence-electron chi connectivity index (χ2n) is 4.47. The molecule has 5 heteroatoms. The van der Waals surface area contributed by atoms with Crippen molar-refractivity contribution in [3.05, 3.63) is 11.4 Å². The first-order chi connectivity index (χ1) is 9.35. The molecule has 3 nitrogen and oxygen atoms in total. The minimum atomic E-state index is 0.773. The number of thioether (sulfide) groups is 1. The van der Waals surface area contributed by atoms with Gasteiger partial charge in [0.15, 0.2) is 0 Å². The number of nitrogens with zero attached hydrogens (tertiary/aromatic N) is 2. The SMILES string of the molecule is CCCCCSc1nc(NCCC)nc2sccc12. The van der Waals surface area contributed by atoms with Crippen molar-refractivity contribution in [2.45, 2.75) is 44.6 Å². The molecule has 2 heterocycles. The Kier molecular flexibility index (Phi) is 5.92. The van der Waals surface area contributed by atoms with E-state index in [1.165, 1.54) is 24.6 Å². The Hall–Kier alpha value is -0.810. The molecule has 19 heavy (non-hydrogen) atoms. The molecule has 0 aromatic carbocycles. The number of hydrogen-bond acceptors (Lipinski definition) is 5. The van der Waals surface area contributed by atoms with Crippen LogP contribution in [0.15, 0.2) is 16.5 Å². The fourth-order valence-corrected chi connectivity index (χ4v) is 3.62. The molecular formula is C14H21N3S2. The lowest BCUT2D eigenvalue weighted by Gasteiger charge is -2.07. The van der Waals surface area contributed by atoms with Crippen LogP contribution in [0.4, 0.5) is 5.95 Å². The van der Waals surface area contributed by atoms with Crippen molar-refractivity contribution < 1.29 is 0 Å². The monoisotopic (exact) mass is 295 g/mol. The van der Waals surface area contributed by atoms with Crippen LogP contribution in [0.3, 0.4) is 0 Å². The van der Waals surface area contributed by atoms with Crippen LogP contribution in [0.2, 0.25) is 0 Å². The van der Waals surface area contributed by atoms with Gasteiger partial charge in [-0.3, -0.25) is 0 Å². The molecule has 2 rings (SSSR count). The van der Waals surface area contributed by atoms with Gasteiger partial charge in [-0.25, -0.2) is 9.97 Å². The van der Waals surface area contributed by atoms with Gasteiger partial charge < -0.3 is 5.32 Å². The van der Waals surface area contributed by atoms with E-state index >= 15 is 0 Å². The van der Waals surface area contributed by atoms with Crippen LogP contribution >= 0.6 is 23.1 Å². The van der Waals surface area contributed by atoms with Crippen LogP contribution < -0.4 is 5.32 Å². The molecule has 2 aromatic rings. The van der Waals surface area contributed by atoms with Crippen LogP contribution in [-0.4, -0.2) is 22.3 Å². The van der Waals surface area contributed by atoms with E-state index in [1.807, 2.05) is 11.8 Å². The third-order valence-electron chi connectivity index (χ3n) is 2.81. The maximum atomic E-state index is 4.66. The zero-order valence-corrected chi connectivity index (χ0v) is 13.2. The van der Waals surface area contributed by atoms with Crippen LogP contribution in [0.5, 0.6) is 0 Å². The van der Waals surface area contributed by atoms with E-state index in [4.69, 9.17) is 0 Å². The molecule has 2 aromatic heterocycles. The van der Waals surface area contributed by atoms with Gasteiger partial charge in [0.2, 0.25) is 5.95 Å². The Morgan fingerprint density at radius 3 is 2.89 bits per heavy atom. The second-order valence-corrected chi connectivity index (χ2v) is 6.45. The Balaban J connectivity index is 2.12. The minimum absolute atomic E-state index is 0.773. The zero-order valence-electron chi connectivity index (χ0n) is 11.6. The van der Waals surface area contributed by atoms with E-state index in [0.717, 1.165) is 34.5 Å². The van der Waals surface area contributed by atoms with Gasteiger partial charge in [0.1, 0.15) is 9.86 Å². The highest BCUT2D eigenvalue weighted by atomic mass is 32.2. The summed E-state index contributed by atoms with van der Waals surface area (Å²) in [5.41, 5.74) is 0. The van der Waals surface area contributed by atoms with E-state index in [-0.39, 0.29) is 0 Å². The molecule has 0 bridgehead atoms. The summed E-state index contributed by atoms with van der Waals surface area (Å²) in [6, 6.07) is 2.13. The third-order valence-corrected chi connectivity index (χ3v) is 4.69. The highest BCUT2D eigenvalue weighted by Gasteiger charge is 2.09. The van der Waals surface area contributed by atoms with Crippen molar-refractivity contribution in [2.24, 2.45) is 0 Å². The Morgan fingerprint density at radius 2 is 2.11 bits per heavy atom. The summed E-state index contributed by atoms with van der Waals surface area (Å²) in [5.74, 6) is 1.91. The number of fused-ring (bicyclic) bond motifs is 1. The summed E-state index contributed by atoms with van der Waals surface area (Å²) in [6.07, 6.45) is 4.91. The molecule has 104 valence electrons. The lowest BCUT2D eigenvalue weighted by atomic mass is 10.3. The fourth-order valence-electron chi connectivity index (χ4n) is 1.78. The normalized spacial score (nSPS) is 11.1. The van der Waals surface area contributed by atoms with Gasteiger partial charge in [-0.05, 0) is 30.0 Å². The maximum Gasteiger partial charge on any atom is 0.225 e. The molecule has 0 fully saturated rings. The minimum Gasteiger partial charge on any atom is -0.354 e. The fraction of sp³-hybridized carbons (Fsp3) is 0.571. The average Bonchev–Trinajstić information content (AvgIpc) is 2.89. The molecule has 0 saturated heterocycles. The van der Waals surface area contributed by atoms with Crippen molar-refractivity contribution in [1.29, 1.82) is 0 Å². The maximum absolute atomic E-state index is 4.66. The Labute approximate surface area is 123 Å².